The number of nitrogen functional groups attached to an aromatic ring is 1. The zero-order valence-electron chi connectivity index (χ0n) is 11.9. The van der Waals surface area contributed by atoms with Gasteiger partial charge in [0.2, 0.25) is 0 Å². The van der Waals surface area contributed by atoms with Crippen LogP contribution >= 0.6 is 0 Å². The number of nitrogens with two attached hydrogens (primary N) is 1. The molecule has 0 bridgehead atoms. The van der Waals surface area contributed by atoms with Gasteiger partial charge in [0.25, 0.3) is 5.91 Å². The minimum Gasteiger partial charge on any atom is -0.508 e. The summed E-state index contributed by atoms with van der Waals surface area (Å²) in [6.45, 7) is 0.447. The maximum atomic E-state index is 12.7. The summed E-state index contributed by atoms with van der Waals surface area (Å²) in [5.41, 5.74) is 6.59. The summed E-state index contributed by atoms with van der Waals surface area (Å²) in [4.78, 5) is 18.8. The monoisotopic (exact) mass is 286 g/mol. The van der Waals surface area contributed by atoms with Gasteiger partial charge in [0.05, 0.1) is 12.1 Å². The number of hydrogen-bond donors (Lipinski definition) is 2. The number of carbonyl (C=O) groups excluding carboxylic acids is 1. The van der Waals surface area contributed by atoms with E-state index in [2.05, 4.69) is 4.98 Å². The number of aryl methyl sites for hydroxylation is 1. The van der Waals surface area contributed by atoms with Crippen LogP contribution in [0.4, 0.5) is 5.69 Å². The van der Waals surface area contributed by atoms with Crippen molar-refractivity contribution in [1.29, 1.82) is 0 Å². The van der Waals surface area contributed by atoms with Crippen molar-refractivity contribution in [2.24, 2.45) is 7.05 Å². The van der Waals surface area contributed by atoms with Crippen molar-refractivity contribution in [1.82, 2.24) is 14.5 Å². The number of amides is 1. The number of nitrogens with zero attached hydrogens (tertiary/aromatic N) is 3. The van der Waals surface area contributed by atoms with Crippen LogP contribution in [0.5, 0.6) is 5.75 Å². The molecule has 3 N–H and O–H groups in total. The highest BCUT2D eigenvalue weighted by Gasteiger charge is 2.34. The van der Waals surface area contributed by atoms with Crippen molar-refractivity contribution in [2.45, 2.75) is 25.4 Å². The van der Waals surface area contributed by atoms with Crippen LogP contribution in [0.15, 0.2) is 30.6 Å². The molecular weight excluding hydrogens is 268 g/mol. The van der Waals surface area contributed by atoms with Gasteiger partial charge in [0, 0.05) is 31.2 Å². The highest BCUT2D eigenvalue weighted by atomic mass is 16.3. The van der Waals surface area contributed by atoms with Gasteiger partial charge in [-0.05, 0) is 31.0 Å². The molecule has 21 heavy (non-hydrogen) atoms. The van der Waals surface area contributed by atoms with Gasteiger partial charge in [0.1, 0.15) is 11.6 Å². The molecule has 110 valence electrons. The first-order valence-corrected chi connectivity index (χ1v) is 6.92. The Balaban J connectivity index is 1.88. The van der Waals surface area contributed by atoms with E-state index >= 15 is 0 Å². The van der Waals surface area contributed by atoms with Crippen molar-refractivity contribution in [2.75, 3.05) is 5.73 Å². The minimum atomic E-state index is -0.158. The summed E-state index contributed by atoms with van der Waals surface area (Å²) >= 11 is 0. The summed E-state index contributed by atoms with van der Waals surface area (Å²) in [7, 11) is 1.90. The fraction of sp³-hybridized carbons (Fsp3) is 0.333. The van der Waals surface area contributed by atoms with Gasteiger partial charge in [0.15, 0.2) is 0 Å². The standard InChI is InChI=1S/C15H18N4O2/c1-18-7-6-17-14(18)9-19(10-2-3-10)15(21)12-8-11(20)4-5-13(12)16/h4-8,10,20H,2-3,9,16H2,1H3. The van der Waals surface area contributed by atoms with Crippen molar-refractivity contribution >= 4 is 11.6 Å². The first-order valence-electron chi connectivity index (χ1n) is 6.92. The zero-order chi connectivity index (χ0) is 15.0. The highest BCUT2D eigenvalue weighted by Crippen LogP contribution is 2.31. The molecule has 1 heterocycles. The predicted octanol–water partition coefficient (Wildman–Crippen LogP) is 1.51. The maximum absolute atomic E-state index is 12.7. The molecule has 1 fully saturated rings. The molecule has 6 heteroatoms. The van der Waals surface area contributed by atoms with Crippen molar-refractivity contribution in [3.8, 4) is 5.75 Å². The Labute approximate surface area is 122 Å². The minimum absolute atomic E-state index is 0.0419. The molecule has 0 saturated heterocycles. The number of imidazole rings is 1. The van der Waals surface area contributed by atoms with E-state index in [0.717, 1.165) is 18.7 Å². The number of rotatable bonds is 4. The van der Waals surface area contributed by atoms with Crippen LogP contribution in [0.1, 0.15) is 29.0 Å². The normalized spacial score (nSPS) is 14.1. The SMILES string of the molecule is Cn1ccnc1CN(C(=O)c1cc(O)ccc1N)C1CC1. The smallest absolute Gasteiger partial charge is 0.256 e. The first-order chi connectivity index (χ1) is 10.1. The molecule has 1 saturated carbocycles. The Morgan fingerprint density at radius 2 is 2.29 bits per heavy atom. The van der Waals surface area contributed by atoms with Crippen LogP contribution in [0, 0.1) is 0 Å². The molecular formula is C15H18N4O2. The largest absolute Gasteiger partial charge is 0.508 e. The number of phenolic OH excluding ortho intramolecular Hbond substituents is 1. The summed E-state index contributed by atoms with van der Waals surface area (Å²) in [5.74, 6) is 0.711. The van der Waals surface area contributed by atoms with Crippen LogP contribution in [0.2, 0.25) is 0 Å². The molecule has 0 radical (unpaired) electrons. The van der Waals surface area contributed by atoms with E-state index in [4.69, 9.17) is 5.73 Å². The third kappa shape index (κ3) is 2.69. The number of aromatic hydroxyl groups is 1. The molecule has 1 aromatic heterocycles. The second kappa shape index (κ2) is 5.12. The van der Waals surface area contributed by atoms with E-state index in [1.54, 1.807) is 17.2 Å². The Kier molecular flexibility index (Phi) is 3.29. The number of benzene rings is 1. The average Bonchev–Trinajstić information content (AvgIpc) is 3.22. The average molecular weight is 286 g/mol. The molecule has 1 aliphatic rings. The van der Waals surface area contributed by atoms with Crippen molar-refractivity contribution in [3.63, 3.8) is 0 Å². The number of anilines is 1. The first kappa shape index (κ1) is 13.5. The van der Waals surface area contributed by atoms with Gasteiger partial charge in [-0.25, -0.2) is 4.98 Å². The van der Waals surface area contributed by atoms with Crippen molar-refractivity contribution < 1.29 is 9.90 Å². The summed E-state index contributed by atoms with van der Waals surface area (Å²) in [5, 5.41) is 9.58. The lowest BCUT2D eigenvalue weighted by Crippen LogP contribution is -2.34. The Morgan fingerprint density at radius 3 is 2.90 bits per heavy atom. The maximum Gasteiger partial charge on any atom is 0.256 e. The van der Waals surface area contributed by atoms with Crippen molar-refractivity contribution in [3.05, 3.63) is 42.0 Å². The second-order valence-electron chi connectivity index (χ2n) is 5.39. The molecule has 1 aliphatic carbocycles. The van der Waals surface area contributed by atoms with Gasteiger partial charge in [-0.2, -0.15) is 0 Å². The van der Waals surface area contributed by atoms with Crippen LogP contribution in [-0.4, -0.2) is 31.5 Å². The quantitative estimate of drug-likeness (QED) is 0.659. The summed E-state index contributed by atoms with van der Waals surface area (Å²) in [6, 6.07) is 4.68. The van der Waals surface area contributed by atoms with Gasteiger partial charge >= 0.3 is 0 Å². The summed E-state index contributed by atoms with van der Waals surface area (Å²) < 4.78 is 1.90. The number of carbonyl (C=O) groups is 1. The van der Waals surface area contributed by atoms with E-state index in [-0.39, 0.29) is 17.7 Å². The Morgan fingerprint density at radius 1 is 1.52 bits per heavy atom. The topological polar surface area (TPSA) is 84.4 Å². The van der Waals surface area contributed by atoms with Crippen LogP contribution in [-0.2, 0) is 13.6 Å². The second-order valence-corrected chi connectivity index (χ2v) is 5.39. The third-order valence-electron chi connectivity index (χ3n) is 3.75. The number of phenols is 1. The van der Waals surface area contributed by atoms with Gasteiger partial charge in [-0.1, -0.05) is 0 Å². The molecule has 0 atom stereocenters. The Bertz CT molecular complexity index is 676. The van der Waals surface area contributed by atoms with Crippen LogP contribution < -0.4 is 5.73 Å². The summed E-state index contributed by atoms with van der Waals surface area (Å²) in [6.07, 6.45) is 5.56. The van der Waals surface area contributed by atoms with Gasteiger partial charge < -0.3 is 20.3 Å². The highest BCUT2D eigenvalue weighted by molar-refractivity contribution is 5.99. The van der Waals surface area contributed by atoms with Gasteiger partial charge in [-0.15, -0.1) is 0 Å². The molecule has 0 aliphatic heterocycles. The van der Waals surface area contributed by atoms with Crippen LogP contribution in [0.3, 0.4) is 0 Å². The van der Waals surface area contributed by atoms with E-state index < -0.39 is 0 Å². The van der Waals surface area contributed by atoms with E-state index in [1.165, 1.54) is 12.1 Å². The van der Waals surface area contributed by atoms with Gasteiger partial charge in [-0.3, -0.25) is 4.79 Å². The Hall–Kier alpha value is -2.50. The van der Waals surface area contributed by atoms with E-state index in [9.17, 15) is 9.90 Å². The predicted molar refractivity (Wildman–Crippen MR) is 78.6 cm³/mol. The van der Waals surface area contributed by atoms with E-state index in [1.807, 2.05) is 17.8 Å². The molecule has 0 unspecified atom stereocenters. The lowest BCUT2D eigenvalue weighted by Gasteiger charge is -2.23. The number of aromatic nitrogens is 2. The van der Waals surface area contributed by atoms with Crippen LogP contribution in [0.25, 0.3) is 0 Å². The molecule has 0 spiro atoms. The zero-order valence-corrected chi connectivity index (χ0v) is 11.9. The molecule has 3 rings (SSSR count). The third-order valence-corrected chi connectivity index (χ3v) is 3.75. The molecule has 2 aromatic rings. The lowest BCUT2D eigenvalue weighted by molar-refractivity contribution is 0.0724. The fourth-order valence-electron chi connectivity index (χ4n) is 2.34. The molecule has 1 aromatic carbocycles. The van der Waals surface area contributed by atoms with E-state index in [0.29, 0.717) is 17.8 Å². The molecule has 1 amide bonds. The number of hydrogen-bond acceptors (Lipinski definition) is 4. The molecule has 6 nitrogen and oxygen atoms in total. The fourth-order valence-corrected chi connectivity index (χ4v) is 2.34. The lowest BCUT2D eigenvalue weighted by atomic mass is 10.1.